The first-order valence-electron chi connectivity index (χ1n) is 5.26. The quantitative estimate of drug-likeness (QED) is 0.476. The van der Waals surface area contributed by atoms with Gasteiger partial charge in [0.25, 0.3) is 5.69 Å². The molecular formula is C10H14BrN3O3. The summed E-state index contributed by atoms with van der Waals surface area (Å²) in [4.78, 5) is 14.0. The first kappa shape index (κ1) is 13.9. The molecule has 0 saturated heterocycles. The van der Waals surface area contributed by atoms with E-state index in [4.69, 9.17) is 4.74 Å². The second-order valence-corrected chi connectivity index (χ2v) is 4.11. The van der Waals surface area contributed by atoms with Gasteiger partial charge in [0.05, 0.1) is 9.40 Å². The van der Waals surface area contributed by atoms with Gasteiger partial charge in [0.1, 0.15) is 12.0 Å². The highest BCUT2D eigenvalue weighted by Crippen LogP contribution is 2.24. The molecule has 17 heavy (non-hydrogen) atoms. The normalized spacial score (nSPS) is 10.2. The summed E-state index contributed by atoms with van der Waals surface area (Å²) in [5.41, 5.74) is -0.0308. The second-order valence-electron chi connectivity index (χ2n) is 3.26. The van der Waals surface area contributed by atoms with Crippen LogP contribution in [0.25, 0.3) is 0 Å². The van der Waals surface area contributed by atoms with Gasteiger partial charge in [-0.2, -0.15) is 0 Å². The van der Waals surface area contributed by atoms with Gasteiger partial charge < -0.3 is 10.1 Å². The number of halogens is 1. The van der Waals surface area contributed by atoms with Crippen molar-refractivity contribution in [2.45, 2.75) is 13.3 Å². The van der Waals surface area contributed by atoms with E-state index in [0.717, 1.165) is 6.42 Å². The van der Waals surface area contributed by atoms with E-state index >= 15 is 0 Å². The topological polar surface area (TPSA) is 77.3 Å². The SMILES string of the molecule is CCOCCCNc1ncc([N+](=O)[O-])cc1Br. The number of nitrogens with one attached hydrogen (secondary N) is 1. The van der Waals surface area contributed by atoms with Crippen LogP contribution in [0.4, 0.5) is 11.5 Å². The highest BCUT2D eigenvalue weighted by molar-refractivity contribution is 9.10. The maximum Gasteiger partial charge on any atom is 0.288 e. The third kappa shape index (κ3) is 4.66. The Morgan fingerprint density at radius 2 is 2.41 bits per heavy atom. The summed E-state index contributed by atoms with van der Waals surface area (Å²) in [7, 11) is 0. The number of aromatic nitrogens is 1. The molecule has 1 rings (SSSR count). The fraction of sp³-hybridized carbons (Fsp3) is 0.500. The maximum absolute atomic E-state index is 10.5. The van der Waals surface area contributed by atoms with Crippen LogP contribution < -0.4 is 5.32 Å². The highest BCUT2D eigenvalue weighted by Gasteiger charge is 2.09. The Kier molecular flexibility index (Phi) is 5.85. The molecule has 0 saturated carbocycles. The van der Waals surface area contributed by atoms with E-state index < -0.39 is 4.92 Å². The molecule has 0 aliphatic heterocycles. The van der Waals surface area contributed by atoms with E-state index in [9.17, 15) is 10.1 Å². The van der Waals surface area contributed by atoms with Crippen LogP contribution in [0.15, 0.2) is 16.7 Å². The van der Waals surface area contributed by atoms with Crippen molar-refractivity contribution in [2.24, 2.45) is 0 Å². The lowest BCUT2D eigenvalue weighted by molar-refractivity contribution is -0.385. The van der Waals surface area contributed by atoms with Gasteiger partial charge >= 0.3 is 0 Å². The molecule has 0 atom stereocenters. The molecule has 7 heteroatoms. The second kappa shape index (κ2) is 7.18. The number of nitro groups is 1. The van der Waals surface area contributed by atoms with Crippen molar-refractivity contribution >= 4 is 27.4 Å². The van der Waals surface area contributed by atoms with E-state index in [-0.39, 0.29) is 5.69 Å². The fourth-order valence-corrected chi connectivity index (χ4v) is 1.66. The van der Waals surface area contributed by atoms with Gasteiger partial charge in [-0.3, -0.25) is 10.1 Å². The van der Waals surface area contributed by atoms with Crippen LogP contribution in [0.5, 0.6) is 0 Å². The van der Waals surface area contributed by atoms with Gasteiger partial charge in [-0.25, -0.2) is 4.98 Å². The summed E-state index contributed by atoms with van der Waals surface area (Å²) < 4.78 is 5.78. The van der Waals surface area contributed by atoms with E-state index in [2.05, 4.69) is 26.2 Å². The zero-order chi connectivity index (χ0) is 12.7. The van der Waals surface area contributed by atoms with Crippen LogP contribution in [0.2, 0.25) is 0 Å². The fourth-order valence-electron chi connectivity index (χ4n) is 1.18. The summed E-state index contributed by atoms with van der Waals surface area (Å²) in [5.74, 6) is 0.604. The molecule has 0 spiro atoms. The first-order valence-corrected chi connectivity index (χ1v) is 6.06. The molecule has 0 radical (unpaired) electrons. The zero-order valence-electron chi connectivity index (χ0n) is 9.48. The van der Waals surface area contributed by atoms with Crippen LogP contribution in [0.1, 0.15) is 13.3 Å². The molecule has 0 aliphatic rings. The smallest absolute Gasteiger partial charge is 0.288 e. The molecule has 94 valence electrons. The number of ether oxygens (including phenoxy) is 1. The average Bonchev–Trinajstić information content (AvgIpc) is 2.30. The molecule has 1 heterocycles. The number of nitrogens with zero attached hydrogens (tertiary/aromatic N) is 2. The van der Waals surface area contributed by atoms with Crippen molar-refractivity contribution in [3.8, 4) is 0 Å². The van der Waals surface area contributed by atoms with Crippen LogP contribution in [0.3, 0.4) is 0 Å². The van der Waals surface area contributed by atoms with Gasteiger partial charge in [0.2, 0.25) is 0 Å². The third-order valence-electron chi connectivity index (χ3n) is 2.00. The molecule has 0 fully saturated rings. The van der Waals surface area contributed by atoms with E-state index in [1.165, 1.54) is 12.3 Å². The molecule has 0 aromatic carbocycles. The molecule has 0 unspecified atom stereocenters. The Bertz CT molecular complexity index is 387. The predicted molar refractivity (Wildman–Crippen MR) is 68.2 cm³/mol. The number of hydrogen-bond acceptors (Lipinski definition) is 5. The van der Waals surface area contributed by atoms with E-state index in [0.29, 0.717) is 30.0 Å². The highest BCUT2D eigenvalue weighted by atomic mass is 79.9. The van der Waals surface area contributed by atoms with Crippen molar-refractivity contribution in [3.63, 3.8) is 0 Å². The lowest BCUT2D eigenvalue weighted by Gasteiger charge is -2.07. The monoisotopic (exact) mass is 303 g/mol. The van der Waals surface area contributed by atoms with Crippen molar-refractivity contribution in [1.82, 2.24) is 4.98 Å². The minimum absolute atomic E-state index is 0.0308. The summed E-state index contributed by atoms with van der Waals surface area (Å²) in [6.45, 7) is 4.05. The summed E-state index contributed by atoms with van der Waals surface area (Å²) in [6.07, 6.45) is 2.09. The van der Waals surface area contributed by atoms with Gasteiger partial charge in [-0.15, -0.1) is 0 Å². The molecule has 0 amide bonds. The molecule has 1 N–H and O–H groups in total. The molecule has 0 bridgehead atoms. The summed E-state index contributed by atoms with van der Waals surface area (Å²) in [5, 5.41) is 13.6. The minimum atomic E-state index is -0.476. The van der Waals surface area contributed by atoms with Crippen molar-refractivity contribution in [2.75, 3.05) is 25.1 Å². The standard InChI is InChI=1S/C10H14BrN3O3/c1-2-17-5-3-4-12-10-9(11)6-8(7-13-10)14(15)16/h6-7H,2-5H2,1H3,(H,12,13). The molecule has 1 aromatic heterocycles. The maximum atomic E-state index is 10.5. The Hall–Kier alpha value is -1.21. The van der Waals surface area contributed by atoms with Crippen LogP contribution >= 0.6 is 15.9 Å². The summed E-state index contributed by atoms with van der Waals surface area (Å²) in [6, 6.07) is 1.43. The van der Waals surface area contributed by atoms with E-state index in [1.807, 2.05) is 6.92 Å². The van der Waals surface area contributed by atoms with Gasteiger partial charge in [0.15, 0.2) is 0 Å². The zero-order valence-corrected chi connectivity index (χ0v) is 11.1. The van der Waals surface area contributed by atoms with Gasteiger partial charge in [0, 0.05) is 25.8 Å². The Balaban J connectivity index is 2.46. The average molecular weight is 304 g/mol. The Labute approximate surface area is 108 Å². The van der Waals surface area contributed by atoms with Crippen LogP contribution in [0, 0.1) is 10.1 Å². The Morgan fingerprint density at radius 1 is 1.65 bits per heavy atom. The molecule has 1 aromatic rings. The number of rotatable bonds is 7. The van der Waals surface area contributed by atoms with Crippen molar-refractivity contribution in [1.29, 1.82) is 0 Å². The third-order valence-corrected chi connectivity index (χ3v) is 2.60. The Morgan fingerprint density at radius 3 is 3.00 bits per heavy atom. The molecular weight excluding hydrogens is 290 g/mol. The number of hydrogen-bond donors (Lipinski definition) is 1. The number of anilines is 1. The lowest BCUT2D eigenvalue weighted by atomic mass is 10.4. The van der Waals surface area contributed by atoms with Gasteiger partial charge in [-0.05, 0) is 29.3 Å². The van der Waals surface area contributed by atoms with Crippen LogP contribution in [-0.2, 0) is 4.74 Å². The van der Waals surface area contributed by atoms with Crippen molar-refractivity contribution < 1.29 is 9.66 Å². The number of pyridine rings is 1. The lowest BCUT2D eigenvalue weighted by Crippen LogP contribution is -2.07. The van der Waals surface area contributed by atoms with E-state index in [1.54, 1.807) is 0 Å². The minimum Gasteiger partial charge on any atom is -0.382 e. The van der Waals surface area contributed by atoms with Gasteiger partial charge in [-0.1, -0.05) is 0 Å². The first-order chi connectivity index (χ1) is 8.15. The largest absolute Gasteiger partial charge is 0.382 e. The molecule has 0 aliphatic carbocycles. The molecule has 6 nitrogen and oxygen atoms in total. The van der Waals surface area contributed by atoms with Crippen LogP contribution in [-0.4, -0.2) is 29.7 Å². The van der Waals surface area contributed by atoms with Crippen molar-refractivity contribution in [3.05, 3.63) is 26.9 Å². The predicted octanol–water partition coefficient (Wildman–Crippen LogP) is 2.59. The summed E-state index contributed by atoms with van der Waals surface area (Å²) >= 11 is 3.24.